The van der Waals surface area contributed by atoms with Crippen LogP contribution in [0.1, 0.15) is 18.5 Å². The Kier molecular flexibility index (Phi) is 5.08. The molecule has 0 saturated heterocycles. The van der Waals surface area contributed by atoms with Crippen LogP contribution < -0.4 is 5.32 Å². The van der Waals surface area contributed by atoms with E-state index in [4.69, 9.17) is 5.11 Å². The first-order valence-electron chi connectivity index (χ1n) is 4.90. The van der Waals surface area contributed by atoms with E-state index < -0.39 is 0 Å². The molecule has 0 heterocycles. The highest BCUT2D eigenvalue weighted by atomic mass is 32.2. The first kappa shape index (κ1) is 12.5. The van der Waals surface area contributed by atoms with Gasteiger partial charge in [-0.1, -0.05) is 6.07 Å². The Morgan fingerprint density at radius 3 is 2.87 bits per heavy atom. The Morgan fingerprint density at radius 1 is 1.53 bits per heavy atom. The Hall–Kier alpha value is -0.580. The van der Waals surface area contributed by atoms with E-state index in [0.717, 1.165) is 4.90 Å². The molecular weight excluding hydrogens is 213 g/mol. The van der Waals surface area contributed by atoms with Crippen molar-refractivity contribution in [1.29, 1.82) is 0 Å². The molecule has 0 amide bonds. The summed E-state index contributed by atoms with van der Waals surface area (Å²) in [4.78, 5) is 0.894. The van der Waals surface area contributed by atoms with Gasteiger partial charge in [-0.2, -0.15) is 0 Å². The smallest absolute Gasteiger partial charge is 0.129 e. The Morgan fingerprint density at radius 2 is 2.27 bits per heavy atom. The second-order valence-electron chi connectivity index (χ2n) is 3.23. The molecule has 2 nitrogen and oxygen atoms in total. The van der Waals surface area contributed by atoms with E-state index in [1.165, 1.54) is 17.8 Å². The minimum atomic E-state index is -0.195. The maximum absolute atomic E-state index is 13.6. The van der Waals surface area contributed by atoms with Gasteiger partial charge in [-0.15, -0.1) is 11.8 Å². The number of hydrogen-bond donors (Lipinski definition) is 2. The molecule has 1 atom stereocenters. The van der Waals surface area contributed by atoms with Crippen LogP contribution in [0.2, 0.25) is 0 Å². The van der Waals surface area contributed by atoms with Crippen molar-refractivity contribution in [2.24, 2.45) is 0 Å². The summed E-state index contributed by atoms with van der Waals surface area (Å²) in [6, 6.07) is 5.02. The van der Waals surface area contributed by atoms with Crippen LogP contribution in [-0.2, 0) is 0 Å². The number of halogens is 1. The maximum atomic E-state index is 13.6. The zero-order valence-corrected chi connectivity index (χ0v) is 9.77. The second-order valence-corrected chi connectivity index (χ2v) is 4.37. The quantitative estimate of drug-likeness (QED) is 0.759. The van der Waals surface area contributed by atoms with Gasteiger partial charge in [0.2, 0.25) is 0 Å². The fourth-order valence-corrected chi connectivity index (χ4v) is 2.28. The summed E-state index contributed by atoms with van der Waals surface area (Å²) < 4.78 is 13.6. The monoisotopic (exact) mass is 229 g/mol. The molecule has 0 aliphatic rings. The molecule has 0 spiro atoms. The van der Waals surface area contributed by atoms with Gasteiger partial charge in [0.15, 0.2) is 0 Å². The first-order valence-corrected chi connectivity index (χ1v) is 5.88. The van der Waals surface area contributed by atoms with Gasteiger partial charge in [-0.3, -0.25) is 0 Å². The number of rotatable bonds is 5. The number of thioether (sulfide) groups is 1. The van der Waals surface area contributed by atoms with Gasteiger partial charge >= 0.3 is 0 Å². The molecule has 1 unspecified atom stereocenters. The van der Waals surface area contributed by atoms with Crippen LogP contribution in [-0.4, -0.2) is 24.5 Å². The minimum Gasteiger partial charge on any atom is -0.396 e. The van der Waals surface area contributed by atoms with E-state index in [9.17, 15) is 4.39 Å². The lowest BCUT2D eigenvalue weighted by atomic mass is 10.1. The molecule has 84 valence electrons. The van der Waals surface area contributed by atoms with Gasteiger partial charge in [0.1, 0.15) is 5.82 Å². The van der Waals surface area contributed by atoms with Crippen molar-refractivity contribution in [2.45, 2.75) is 17.9 Å². The number of aliphatic hydroxyl groups is 1. The summed E-state index contributed by atoms with van der Waals surface area (Å²) in [5, 5.41) is 11.8. The zero-order chi connectivity index (χ0) is 11.3. The molecule has 2 N–H and O–H groups in total. The molecule has 0 aromatic heterocycles. The largest absolute Gasteiger partial charge is 0.396 e. The van der Waals surface area contributed by atoms with Crippen LogP contribution in [0.3, 0.4) is 0 Å². The number of aliphatic hydroxyl groups excluding tert-OH is 1. The Bertz CT molecular complexity index is 319. The maximum Gasteiger partial charge on any atom is 0.129 e. The molecular formula is C11H16FNOS. The van der Waals surface area contributed by atoms with E-state index in [0.29, 0.717) is 11.3 Å². The van der Waals surface area contributed by atoms with Gasteiger partial charge in [-0.05, 0) is 26.1 Å². The Labute approximate surface area is 93.9 Å². The van der Waals surface area contributed by atoms with Crippen molar-refractivity contribution in [3.8, 4) is 0 Å². The summed E-state index contributed by atoms with van der Waals surface area (Å²) in [7, 11) is 1.80. The summed E-state index contributed by atoms with van der Waals surface area (Å²) >= 11 is 1.47. The lowest BCUT2D eigenvalue weighted by Crippen LogP contribution is -2.15. The lowest BCUT2D eigenvalue weighted by Gasteiger charge is -2.16. The van der Waals surface area contributed by atoms with E-state index in [1.807, 2.05) is 13.0 Å². The minimum absolute atomic E-state index is 0.0209. The molecule has 1 aromatic carbocycles. The third-order valence-corrected chi connectivity index (χ3v) is 3.28. The SMILES string of the molecule is CNC(C)c1c(F)cccc1SCCO. The average Bonchev–Trinajstić information content (AvgIpc) is 2.25. The third-order valence-electron chi connectivity index (χ3n) is 2.23. The van der Waals surface area contributed by atoms with E-state index in [-0.39, 0.29) is 18.5 Å². The summed E-state index contributed by atoms with van der Waals surface area (Å²) in [5.74, 6) is 0.396. The van der Waals surface area contributed by atoms with Crippen molar-refractivity contribution in [3.05, 3.63) is 29.6 Å². The molecule has 4 heteroatoms. The topological polar surface area (TPSA) is 32.3 Å². The fourth-order valence-electron chi connectivity index (χ4n) is 1.36. The van der Waals surface area contributed by atoms with Crippen molar-refractivity contribution < 1.29 is 9.50 Å². The molecule has 0 aliphatic heterocycles. The molecule has 0 saturated carbocycles. The number of nitrogens with one attached hydrogen (secondary N) is 1. The van der Waals surface area contributed by atoms with Gasteiger partial charge in [0.25, 0.3) is 0 Å². The second kappa shape index (κ2) is 6.10. The van der Waals surface area contributed by atoms with Gasteiger partial charge in [-0.25, -0.2) is 4.39 Å². The van der Waals surface area contributed by atoms with Crippen molar-refractivity contribution in [3.63, 3.8) is 0 Å². The first-order chi connectivity index (χ1) is 7.20. The van der Waals surface area contributed by atoms with E-state index >= 15 is 0 Å². The molecule has 1 aromatic rings. The van der Waals surface area contributed by atoms with Gasteiger partial charge in [0.05, 0.1) is 6.61 Å². The van der Waals surface area contributed by atoms with Crippen molar-refractivity contribution >= 4 is 11.8 Å². The molecule has 0 radical (unpaired) electrons. The van der Waals surface area contributed by atoms with Crippen LogP contribution >= 0.6 is 11.8 Å². The third kappa shape index (κ3) is 3.19. The van der Waals surface area contributed by atoms with E-state index in [1.54, 1.807) is 13.1 Å². The molecule has 0 fully saturated rings. The van der Waals surface area contributed by atoms with Crippen LogP contribution in [0.4, 0.5) is 4.39 Å². The summed E-state index contributed by atoms with van der Waals surface area (Å²) in [5.41, 5.74) is 0.679. The normalized spacial score (nSPS) is 12.8. The zero-order valence-electron chi connectivity index (χ0n) is 8.96. The van der Waals surface area contributed by atoms with Gasteiger partial charge in [0, 0.05) is 22.3 Å². The van der Waals surface area contributed by atoms with Crippen molar-refractivity contribution in [2.75, 3.05) is 19.4 Å². The highest BCUT2D eigenvalue weighted by molar-refractivity contribution is 7.99. The fraction of sp³-hybridized carbons (Fsp3) is 0.455. The standard InChI is InChI=1S/C11H16FNOS/c1-8(13-2)11-9(12)4-3-5-10(11)15-7-6-14/h3-5,8,13-14H,6-7H2,1-2H3. The highest BCUT2D eigenvalue weighted by Crippen LogP contribution is 2.29. The highest BCUT2D eigenvalue weighted by Gasteiger charge is 2.13. The predicted octanol–water partition coefficient (Wildman–Crippen LogP) is 2.19. The van der Waals surface area contributed by atoms with E-state index in [2.05, 4.69) is 5.32 Å². The number of hydrogen-bond acceptors (Lipinski definition) is 3. The molecule has 0 aliphatic carbocycles. The van der Waals surface area contributed by atoms with Crippen LogP contribution in [0.25, 0.3) is 0 Å². The average molecular weight is 229 g/mol. The molecule has 1 rings (SSSR count). The van der Waals surface area contributed by atoms with Crippen molar-refractivity contribution in [1.82, 2.24) is 5.32 Å². The molecule has 0 bridgehead atoms. The predicted molar refractivity (Wildman–Crippen MR) is 61.7 cm³/mol. The summed E-state index contributed by atoms with van der Waals surface area (Å²) in [6.45, 7) is 2.02. The summed E-state index contributed by atoms with van der Waals surface area (Å²) in [6.07, 6.45) is 0. The number of benzene rings is 1. The molecule has 15 heavy (non-hydrogen) atoms. The Balaban J connectivity index is 2.97. The lowest BCUT2D eigenvalue weighted by molar-refractivity contribution is 0.322. The van der Waals surface area contributed by atoms with Crippen LogP contribution in [0.15, 0.2) is 23.1 Å². The van der Waals surface area contributed by atoms with Crippen LogP contribution in [0.5, 0.6) is 0 Å². The van der Waals surface area contributed by atoms with Crippen LogP contribution in [0, 0.1) is 5.82 Å². The van der Waals surface area contributed by atoms with Gasteiger partial charge < -0.3 is 10.4 Å².